The molecule has 1 N–H and O–H groups in total. The Balaban J connectivity index is 1.39. The molecule has 2 aliphatic rings. The predicted molar refractivity (Wildman–Crippen MR) is 122 cm³/mol. The number of nitrogens with zero attached hydrogens (tertiary/aromatic N) is 4. The van der Waals surface area contributed by atoms with Gasteiger partial charge < -0.3 is 29.0 Å². The maximum absolute atomic E-state index is 12.7. The van der Waals surface area contributed by atoms with Crippen LogP contribution in [-0.2, 0) is 20.8 Å². The van der Waals surface area contributed by atoms with Crippen LogP contribution in [0.1, 0.15) is 21.1 Å². The van der Waals surface area contributed by atoms with Crippen LogP contribution in [-0.4, -0.2) is 109 Å². The molecule has 4 heterocycles. The van der Waals surface area contributed by atoms with E-state index in [1.54, 1.807) is 6.92 Å². The molecule has 33 heavy (non-hydrogen) atoms. The lowest BCUT2D eigenvalue weighted by Crippen LogP contribution is -2.54. The first-order valence-corrected chi connectivity index (χ1v) is 11.8. The number of rotatable bonds is 6. The van der Waals surface area contributed by atoms with Crippen molar-refractivity contribution in [3.05, 3.63) is 26.6 Å². The summed E-state index contributed by atoms with van der Waals surface area (Å²) >= 11 is 1.17. The third-order valence-electron chi connectivity index (χ3n) is 5.85. The largest absolute Gasteiger partial charge is 0.459 e. The van der Waals surface area contributed by atoms with Gasteiger partial charge in [-0.2, -0.15) is 0 Å². The summed E-state index contributed by atoms with van der Waals surface area (Å²) in [4.78, 5) is 52.0. The summed E-state index contributed by atoms with van der Waals surface area (Å²) in [5.74, 6) is 0.0653. The number of H-pyrrole nitrogens is 1. The number of methoxy groups -OCH3 is 1. The first-order chi connectivity index (χ1) is 16.0. The lowest BCUT2D eigenvalue weighted by molar-refractivity contribution is 0.0371. The number of carbonyl (C=O) groups is 2. The zero-order valence-corrected chi connectivity index (χ0v) is 19.7. The van der Waals surface area contributed by atoms with Crippen molar-refractivity contribution < 1.29 is 23.8 Å². The molecule has 4 rings (SSSR count). The fourth-order valence-corrected chi connectivity index (χ4v) is 5.10. The summed E-state index contributed by atoms with van der Waals surface area (Å²) < 4.78 is 15.4. The Bertz CT molecular complexity index is 1060. The van der Waals surface area contributed by atoms with Gasteiger partial charge in [0.25, 0.3) is 5.56 Å². The Morgan fingerprint density at radius 1 is 1.09 bits per heavy atom. The minimum Gasteiger partial charge on any atom is -0.459 e. The van der Waals surface area contributed by atoms with E-state index in [4.69, 9.17) is 14.2 Å². The summed E-state index contributed by atoms with van der Waals surface area (Å²) in [6.45, 7) is 7.72. The highest BCUT2D eigenvalue weighted by Crippen LogP contribution is 2.27. The van der Waals surface area contributed by atoms with E-state index in [1.807, 2.05) is 9.80 Å². The number of thiophene rings is 1. The van der Waals surface area contributed by atoms with Gasteiger partial charge in [0.2, 0.25) is 0 Å². The van der Waals surface area contributed by atoms with Crippen molar-refractivity contribution in [1.29, 1.82) is 0 Å². The molecule has 0 atom stereocenters. The molecule has 0 bridgehead atoms. The van der Waals surface area contributed by atoms with Gasteiger partial charge in [-0.15, -0.1) is 11.3 Å². The number of aromatic amines is 1. The molecule has 2 aliphatic heterocycles. The van der Waals surface area contributed by atoms with E-state index < -0.39 is 5.97 Å². The second-order valence-corrected chi connectivity index (χ2v) is 9.02. The standard InChI is InChI=1S/C21H29N5O6S/c1-14-16-18(27)22-15(23-19(16)33-17(14)20(28)32-12-11-30-2)13-24-3-5-25(6-4-24)21(29)26-7-9-31-10-8-26/h3-13H2,1-2H3,(H,22,23,27). The molecule has 2 saturated heterocycles. The molecule has 0 radical (unpaired) electrons. The van der Waals surface area contributed by atoms with Gasteiger partial charge in [0, 0.05) is 46.4 Å². The number of nitrogens with one attached hydrogen (secondary N) is 1. The van der Waals surface area contributed by atoms with Gasteiger partial charge in [0.05, 0.1) is 31.8 Å². The van der Waals surface area contributed by atoms with Crippen LogP contribution in [0.5, 0.6) is 0 Å². The van der Waals surface area contributed by atoms with E-state index in [9.17, 15) is 14.4 Å². The molecule has 2 fully saturated rings. The number of urea groups is 1. The summed E-state index contributed by atoms with van der Waals surface area (Å²) in [5, 5.41) is 0.420. The van der Waals surface area contributed by atoms with Gasteiger partial charge in [-0.1, -0.05) is 0 Å². The van der Waals surface area contributed by atoms with Gasteiger partial charge in [-0.05, 0) is 12.5 Å². The number of esters is 1. The highest BCUT2D eigenvalue weighted by Gasteiger charge is 2.27. The van der Waals surface area contributed by atoms with Crippen molar-refractivity contribution in [2.45, 2.75) is 13.5 Å². The van der Waals surface area contributed by atoms with Crippen molar-refractivity contribution in [2.75, 3.05) is 72.8 Å². The fraction of sp³-hybridized carbons (Fsp3) is 0.619. The molecule has 0 aromatic carbocycles. The number of aryl methyl sites for hydroxylation is 1. The number of amides is 2. The molecule has 0 unspecified atom stereocenters. The van der Waals surface area contributed by atoms with Crippen LogP contribution in [0.25, 0.3) is 10.2 Å². The Hall–Kier alpha value is -2.54. The smallest absolute Gasteiger partial charge is 0.348 e. The molecule has 0 spiro atoms. The van der Waals surface area contributed by atoms with Crippen LogP contribution in [0.2, 0.25) is 0 Å². The van der Waals surface area contributed by atoms with E-state index in [1.165, 1.54) is 18.4 Å². The number of carbonyl (C=O) groups excluding carboxylic acids is 2. The molecule has 0 saturated carbocycles. The van der Waals surface area contributed by atoms with Crippen LogP contribution in [0.3, 0.4) is 0 Å². The molecule has 2 amide bonds. The first kappa shape index (κ1) is 23.6. The summed E-state index contributed by atoms with van der Waals surface area (Å²) in [7, 11) is 1.53. The molecular weight excluding hydrogens is 450 g/mol. The van der Waals surface area contributed by atoms with Gasteiger partial charge in [0.15, 0.2) is 0 Å². The van der Waals surface area contributed by atoms with Crippen LogP contribution in [0.4, 0.5) is 4.79 Å². The lowest BCUT2D eigenvalue weighted by Gasteiger charge is -2.38. The monoisotopic (exact) mass is 479 g/mol. The Kier molecular flexibility index (Phi) is 7.58. The highest BCUT2D eigenvalue weighted by atomic mass is 32.1. The molecule has 2 aromatic heterocycles. The fourth-order valence-electron chi connectivity index (χ4n) is 4.01. The normalized spacial score (nSPS) is 17.5. The quantitative estimate of drug-likeness (QED) is 0.475. The average Bonchev–Trinajstić information content (AvgIpc) is 3.16. The SMILES string of the molecule is COCCOC(=O)c1sc2nc(CN3CCN(C(=O)N4CCOCC4)CC3)[nH]c(=O)c2c1C. The minimum absolute atomic E-state index is 0.0601. The zero-order chi connectivity index (χ0) is 23.4. The highest BCUT2D eigenvalue weighted by molar-refractivity contribution is 7.20. The number of fused-ring (bicyclic) bond motifs is 1. The van der Waals surface area contributed by atoms with E-state index in [-0.39, 0.29) is 18.2 Å². The molecule has 0 aliphatic carbocycles. The van der Waals surface area contributed by atoms with Crippen molar-refractivity contribution in [1.82, 2.24) is 24.7 Å². The maximum atomic E-state index is 12.7. The van der Waals surface area contributed by atoms with Crippen molar-refractivity contribution in [3.63, 3.8) is 0 Å². The van der Waals surface area contributed by atoms with Gasteiger partial charge in [-0.3, -0.25) is 9.69 Å². The summed E-state index contributed by atoms with van der Waals surface area (Å²) in [6, 6.07) is 0.0601. The number of piperazine rings is 1. The van der Waals surface area contributed by atoms with Gasteiger partial charge in [0.1, 0.15) is 22.1 Å². The topological polar surface area (TPSA) is 117 Å². The lowest BCUT2D eigenvalue weighted by atomic mass is 10.2. The molecular formula is C21H29N5O6S. The molecule has 11 nitrogen and oxygen atoms in total. The van der Waals surface area contributed by atoms with Gasteiger partial charge in [-0.25, -0.2) is 14.6 Å². The molecule has 180 valence electrons. The predicted octanol–water partition coefficient (Wildman–Crippen LogP) is 0.666. The van der Waals surface area contributed by atoms with Gasteiger partial charge >= 0.3 is 12.0 Å². The summed E-state index contributed by atoms with van der Waals surface area (Å²) in [5.41, 5.74) is 0.314. The number of aromatic nitrogens is 2. The average molecular weight is 480 g/mol. The Labute approximate surface area is 195 Å². The van der Waals surface area contributed by atoms with E-state index in [2.05, 4.69) is 14.9 Å². The summed E-state index contributed by atoms with van der Waals surface area (Å²) in [6.07, 6.45) is 0. The third kappa shape index (κ3) is 5.35. The first-order valence-electron chi connectivity index (χ1n) is 11.0. The van der Waals surface area contributed by atoms with E-state index >= 15 is 0 Å². The van der Waals surface area contributed by atoms with E-state index in [0.717, 1.165) is 0 Å². The maximum Gasteiger partial charge on any atom is 0.348 e. The third-order valence-corrected chi connectivity index (χ3v) is 7.02. The number of ether oxygens (including phenoxy) is 3. The molecule has 2 aromatic rings. The van der Waals surface area contributed by atoms with Crippen LogP contribution >= 0.6 is 11.3 Å². The Morgan fingerprint density at radius 3 is 2.48 bits per heavy atom. The number of morpholine rings is 1. The Morgan fingerprint density at radius 2 is 1.79 bits per heavy atom. The number of hydrogen-bond donors (Lipinski definition) is 1. The van der Waals surface area contributed by atoms with Crippen LogP contribution in [0, 0.1) is 6.92 Å². The van der Waals surface area contributed by atoms with Crippen LogP contribution < -0.4 is 5.56 Å². The van der Waals surface area contributed by atoms with Crippen molar-refractivity contribution in [2.24, 2.45) is 0 Å². The zero-order valence-electron chi connectivity index (χ0n) is 18.9. The van der Waals surface area contributed by atoms with E-state index in [0.29, 0.717) is 92.1 Å². The second kappa shape index (κ2) is 10.6. The number of hydrogen-bond acceptors (Lipinski definition) is 9. The molecule has 12 heteroatoms. The second-order valence-electron chi connectivity index (χ2n) is 8.02. The van der Waals surface area contributed by atoms with Crippen LogP contribution in [0.15, 0.2) is 4.79 Å². The van der Waals surface area contributed by atoms with Crippen molar-refractivity contribution >= 4 is 33.6 Å². The minimum atomic E-state index is -0.477. The van der Waals surface area contributed by atoms with Crippen molar-refractivity contribution in [3.8, 4) is 0 Å².